The molecule has 1 aromatic carbocycles. The maximum Gasteiger partial charge on any atom is 0.127 e. The smallest absolute Gasteiger partial charge is 0.127 e. The van der Waals surface area contributed by atoms with Crippen LogP contribution in [0.4, 0.5) is 4.39 Å². The highest BCUT2D eigenvalue weighted by molar-refractivity contribution is 7.98. The van der Waals surface area contributed by atoms with Crippen LogP contribution in [0.1, 0.15) is 11.1 Å². The first-order valence-electron chi connectivity index (χ1n) is 4.84. The van der Waals surface area contributed by atoms with Crippen molar-refractivity contribution in [2.75, 3.05) is 19.5 Å². The Kier molecular flexibility index (Phi) is 5.28. The monoisotopic (exact) mass is 242 g/mol. The number of nitrogen functional groups attached to an aromatic ring is 1. The molecule has 1 aromatic rings. The molecular weight excluding hydrogens is 227 g/mol. The van der Waals surface area contributed by atoms with Crippen molar-refractivity contribution in [1.29, 1.82) is 5.41 Å². The summed E-state index contributed by atoms with van der Waals surface area (Å²) >= 11 is 1.61. The zero-order valence-corrected chi connectivity index (χ0v) is 9.94. The molecule has 0 amide bonds. The molecule has 3 nitrogen and oxygen atoms in total. The van der Waals surface area contributed by atoms with E-state index < -0.39 is 0 Å². The lowest BCUT2D eigenvalue weighted by atomic mass is 10.1. The van der Waals surface area contributed by atoms with Gasteiger partial charge in [-0.15, -0.1) is 0 Å². The van der Waals surface area contributed by atoms with Crippen LogP contribution in [0.5, 0.6) is 0 Å². The highest BCUT2D eigenvalue weighted by Crippen LogP contribution is 2.16. The van der Waals surface area contributed by atoms with Crippen LogP contribution in [0.3, 0.4) is 0 Å². The maximum atomic E-state index is 13.5. The molecule has 0 fully saturated rings. The fourth-order valence-corrected chi connectivity index (χ4v) is 2.04. The minimum atomic E-state index is -0.308. The van der Waals surface area contributed by atoms with E-state index in [1.165, 1.54) is 6.07 Å². The molecule has 0 aliphatic rings. The van der Waals surface area contributed by atoms with E-state index in [9.17, 15) is 4.39 Å². The van der Waals surface area contributed by atoms with Crippen LogP contribution in [0.15, 0.2) is 18.2 Å². The number of hydrogen-bond donors (Lipinski definition) is 2. The van der Waals surface area contributed by atoms with E-state index in [2.05, 4.69) is 0 Å². The van der Waals surface area contributed by atoms with Crippen LogP contribution in [0.2, 0.25) is 0 Å². The van der Waals surface area contributed by atoms with Gasteiger partial charge >= 0.3 is 0 Å². The molecule has 5 heteroatoms. The van der Waals surface area contributed by atoms with E-state index in [0.717, 1.165) is 5.75 Å². The Balaban J connectivity index is 2.57. The number of hydrogen-bond acceptors (Lipinski definition) is 3. The lowest BCUT2D eigenvalue weighted by Crippen LogP contribution is -2.11. The summed E-state index contributed by atoms with van der Waals surface area (Å²) in [5.74, 6) is 1.02. The topological polar surface area (TPSA) is 59.1 Å². The number of methoxy groups -OCH3 is 1. The molecule has 16 heavy (non-hydrogen) atoms. The Morgan fingerprint density at radius 1 is 1.56 bits per heavy atom. The summed E-state index contributed by atoms with van der Waals surface area (Å²) in [4.78, 5) is 0. The number of ether oxygens (including phenoxy) is 1. The average molecular weight is 242 g/mol. The molecule has 0 saturated carbocycles. The Morgan fingerprint density at radius 3 is 2.88 bits per heavy atom. The van der Waals surface area contributed by atoms with Crippen LogP contribution in [0, 0.1) is 11.2 Å². The predicted molar refractivity (Wildman–Crippen MR) is 65.5 cm³/mol. The van der Waals surface area contributed by atoms with Gasteiger partial charge in [0.05, 0.1) is 6.61 Å². The van der Waals surface area contributed by atoms with Crippen LogP contribution < -0.4 is 5.73 Å². The minimum absolute atomic E-state index is 0.113. The van der Waals surface area contributed by atoms with E-state index in [0.29, 0.717) is 23.5 Å². The van der Waals surface area contributed by atoms with Gasteiger partial charge in [0.15, 0.2) is 0 Å². The van der Waals surface area contributed by atoms with E-state index >= 15 is 0 Å². The van der Waals surface area contributed by atoms with E-state index in [4.69, 9.17) is 15.9 Å². The normalized spacial score (nSPS) is 10.4. The summed E-state index contributed by atoms with van der Waals surface area (Å²) in [7, 11) is 1.64. The summed E-state index contributed by atoms with van der Waals surface area (Å²) < 4.78 is 18.4. The molecule has 0 heterocycles. The second kappa shape index (κ2) is 6.50. The molecule has 0 unspecified atom stereocenters. The zero-order chi connectivity index (χ0) is 12.0. The van der Waals surface area contributed by atoms with Crippen LogP contribution in [-0.2, 0) is 10.5 Å². The number of nitrogens with one attached hydrogen (secondary N) is 1. The third kappa shape index (κ3) is 3.83. The van der Waals surface area contributed by atoms with Crippen LogP contribution >= 0.6 is 11.8 Å². The summed E-state index contributed by atoms with van der Waals surface area (Å²) in [6, 6.07) is 4.64. The van der Waals surface area contributed by atoms with E-state index in [-0.39, 0.29) is 11.7 Å². The number of thioether (sulfide) groups is 1. The standard InChI is InChI=1S/C11H15FN2OS/c1-15-4-5-16-7-9-3-2-8(11(13)14)6-10(9)12/h2-3,6H,4-5,7H2,1H3,(H3,13,14). The number of nitrogens with two attached hydrogens (primary N) is 1. The molecule has 88 valence electrons. The minimum Gasteiger partial charge on any atom is -0.384 e. The van der Waals surface area contributed by atoms with Crippen molar-refractivity contribution in [2.45, 2.75) is 5.75 Å². The summed E-state index contributed by atoms with van der Waals surface area (Å²) in [5.41, 5.74) is 6.32. The average Bonchev–Trinajstić information content (AvgIpc) is 2.26. The van der Waals surface area contributed by atoms with Crippen molar-refractivity contribution in [1.82, 2.24) is 0 Å². The van der Waals surface area contributed by atoms with Crippen molar-refractivity contribution >= 4 is 17.6 Å². The van der Waals surface area contributed by atoms with E-state index in [1.807, 2.05) is 0 Å². The molecule has 0 aliphatic carbocycles. The summed E-state index contributed by atoms with van der Waals surface area (Å²) in [6.45, 7) is 0.664. The molecule has 0 saturated heterocycles. The fraction of sp³-hybridized carbons (Fsp3) is 0.364. The van der Waals surface area contributed by atoms with Gasteiger partial charge in [0.25, 0.3) is 0 Å². The van der Waals surface area contributed by atoms with Gasteiger partial charge in [0.2, 0.25) is 0 Å². The Labute approximate surface area is 98.7 Å². The van der Waals surface area contributed by atoms with Gasteiger partial charge < -0.3 is 10.5 Å². The van der Waals surface area contributed by atoms with Gasteiger partial charge in [0, 0.05) is 24.2 Å². The largest absolute Gasteiger partial charge is 0.384 e. The molecule has 3 N–H and O–H groups in total. The molecule has 0 radical (unpaired) electrons. The first-order chi connectivity index (χ1) is 7.65. The molecule has 0 spiro atoms. The second-order valence-electron chi connectivity index (χ2n) is 3.27. The third-order valence-corrected chi connectivity index (χ3v) is 3.02. The Morgan fingerprint density at radius 2 is 2.31 bits per heavy atom. The third-order valence-electron chi connectivity index (χ3n) is 2.05. The van der Waals surface area contributed by atoms with Gasteiger partial charge in [-0.3, -0.25) is 5.41 Å². The van der Waals surface area contributed by atoms with Crippen molar-refractivity contribution in [3.63, 3.8) is 0 Å². The number of rotatable bonds is 6. The number of halogens is 1. The number of amidine groups is 1. The molecule has 0 aliphatic heterocycles. The van der Waals surface area contributed by atoms with Gasteiger partial charge in [0.1, 0.15) is 11.7 Å². The SMILES string of the molecule is COCCSCc1ccc(C(=N)N)cc1F. The Bertz CT molecular complexity index is 371. The lowest BCUT2D eigenvalue weighted by Gasteiger charge is -2.05. The summed E-state index contributed by atoms with van der Waals surface area (Å²) in [6.07, 6.45) is 0. The highest BCUT2D eigenvalue weighted by Gasteiger charge is 2.05. The maximum absolute atomic E-state index is 13.5. The first kappa shape index (κ1) is 13.0. The van der Waals surface area contributed by atoms with Crippen molar-refractivity contribution in [2.24, 2.45) is 5.73 Å². The van der Waals surface area contributed by atoms with Gasteiger partial charge in [-0.2, -0.15) is 11.8 Å². The predicted octanol–water partition coefficient (Wildman–Crippen LogP) is 1.99. The molecule has 0 aromatic heterocycles. The van der Waals surface area contributed by atoms with Crippen molar-refractivity contribution in [3.8, 4) is 0 Å². The molecule has 0 bridgehead atoms. The molecular formula is C11H15FN2OS. The fourth-order valence-electron chi connectivity index (χ4n) is 1.16. The first-order valence-corrected chi connectivity index (χ1v) is 6.00. The van der Waals surface area contributed by atoms with Crippen molar-refractivity contribution < 1.29 is 9.13 Å². The number of benzene rings is 1. The second-order valence-corrected chi connectivity index (χ2v) is 4.37. The van der Waals surface area contributed by atoms with Crippen LogP contribution in [-0.4, -0.2) is 25.3 Å². The van der Waals surface area contributed by atoms with Gasteiger partial charge in [-0.1, -0.05) is 12.1 Å². The Hall–Kier alpha value is -1.07. The molecule has 1 rings (SSSR count). The van der Waals surface area contributed by atoms with Gasteiger partial charge in [-0.25, -0.2) is 4.39 Å². The zero-order valence-electron chi connectivity index (χ0n) is 9.13. The van der Waals surface area contributed by atoms with Crippen molar-refractivity contribution in [3.05, 3.63) is 35.1 Å². The molecule has 0 atom stereocenters. The quantitative estimate of drug-likeness (QED) is 0.455. The highest BCUT2D eigenvalue weighted by atomic mass is 32.2. The lowest BCUT2D eigenvalue weighted by molar-refractivity contribution is 0.218. The van der Waals surface area contributed by atoms with E-state index in [1.54, 1.807) is 31.0 Å². The van der Waals surface area contributed by atoms with Crippen LogP contribution in [0.25, 0.3) is 0 Å². The van der Waals surface area contributed by atoms with Gasteiger partial charge in [-0.05, 0) is 11.6 Å². The summed E-state index contributed by atoms with van der Waals surface area (Å²) in [5, 5.41) is 7.18.